The Hall–Kier alpha value is -3.25. The van der Waals surface area contributed by atoms with Crippen LogP contribution in [0.3, 0.4) is 0 Å². The molecule has 0 atom stereocenters. The zero-order valence-electron chi connectivity index (χ0n) is 15.8. The smallest absolute Gasteiger partial charge is 0.210 e. The number of para-hydroxylation sites is 1. The lowest BCUT2D eigenvalue weighted by Gasteiger charge is -2.15. The van der Waals surface area contributed by atoms with Gasteiger partial charge >= 0.3 is 0 Å². The van der Waals surface area contributed by atoms with E-state index in [0.717, 1.165) is 12.0 Å². The molecule has 29 heavy (non-hydrogen) atoms. The fraction of sp³-hybridized carbons (Fsp3) is 0.0870. The lowest BCUT2D eigenvalue weighted by molar-refractivity contribution is 0.596. The maximum absolute atomic E-state index is 13.4. The van der Waals surface area contributed by atoms with Crippen LogP contribution < -0.4 is 5.32 Å². The number of nitrogens with one attached hydrogen (secondary N) is 1. The van der Waals surface area contributed by atoms with E-state index < -0.39 is 9.84 Å². The maximum atomic E-state index is 13.4. The molecule has 1 N–H and O–H groups in total. The monoisotopic (exact) mass is 406 g/mol. The van der Waals surface area contributed by atoms with Crippen LogP contribution in [-0.4, -0.2) is 13.4 Å². The van der Waals surface area contributed by atoms with Gasteiger partial charge in [-0.05, 0) is 54.4 Å². The summed E-state index contributed by atoms with van der Waals surface area (Å²) in [6, 6.07) is 19.9. The van der Waals surface area contributed by atoms with Crippen molar-refractivity contribution in [2.45, 2.75) is 23.1 Å². The first kappa shape index (κ1) is 19.1. The summed E-state index contributed by atoms with van der Waals surface area (Å²) in [6.07, 6.45) is 2.20. The molecule has 4 nitrogen and oxygen atoms in total. The average Bonchev–Trinajstić information content (AvgIpc) is 2.75. The van der Waals surface area contributed by atoms with Crippen molar-refractivity contribution in [1.29, 1.82) is 0 Å². The van der Waals surface area contributed by atoms with E-state index in [0.29, 0.717) is 22.3 Å². The van der Waals surface area contributed by atoms with E-state index in [1.807, 2.05) is 43.3 Å². The second-order valence-corrected chi connectivity index (χ2v) is 8.57. The molecule has 0 aliphatic rings. The van der Waals surface area contributed by atoms with E-state index >= 15 is 0 Å². The normalized spacial score (nSPS) is 11.5. The molecule has 1 heterocycles. The standard InChI is InChI=1S/C23H19FN2O2S/c1-2-16-7-13-19(14-8-16)29(27,28)22-15-25-21-6-4-3-5-20(21)23(22)26-18-11-9-17(24)10-12-18/h3-15H,2H2,1H3,(H,25,26). The molecule has 0 aliphatic carbocycles. The Kier molecular flexibility index (Phi) is 5.03. The van der Waals surface area contributed by atoms with Crippen molar-refractivity contribution in [2.24, 2.45) is 0 Å². The summed E-state index contributed by atoms with van der Waals surface area (Å²) in [4.78, 5) is 4.62. The van der Waals surface area contributed by atoms with Gasteiger partial charge in [0, 0.05) is 17.3 Å². The van der Waals surface area contributed by atoms with Crippen LogP contribution in [0.4, 0.5) is 15.8 Å². The molecule has 0 saturated carbocycles. The predicted molar refractivity (Wildman–Crippen MR) is 113 cm³/mol. The van der Waals surface area contributed by atoms with Gasteiger partial charge in [-0.15, -0.1) is 0 Å². The van der Waals surface area contributed by atoms with E-state index in [1.54, 1.807) is 24.3 Å². The van der Waals surface area contributed by atoms with Crippen molar-refractivity contribution in [2.75, 3.05) is 5.32 Å². The minimum absolute atomic E-state index is 0.0739. The lowest BCUT2D eigenvalue weighted by atomic mass is 10.2. The Bertz CT molecular complexity index is 1270. The summed E-state index contributed by atoms with van der Waals surface area (Å²) < 4.78 is 40.1. The third-order valence-corrected chi connectivity index (χ3v) is 6.57. The zero-order valence-corrected chi connectivity index (χ0v) is 16.6. The van der Waals surface area contributed by atoms with Crippen LogP contribution >= 0.6 is 0 Å². The first-order chi connectivity index (χ1) is 14.0. The summed E-state index contributed by atoms with van der Waals surface area (Å²) in [7, 11) is -3.81. The third kappa shape index (κ3) is 3.71. The summed E-state index contributed by atoms with van der Waals surface area (Å²) in [5, 5.41) is 3.82. The van der Waals surface area contributed by atoms with Crippen molar-refractivity contribution in [1.82, 2.24) is 4.98 Å². The molecular formula is C23H19FN2O2S. The molecule has 3 aromatic carbocycles. The largest absolute Gasteiger partial charge is 0.354 e. The Morgan fingerprint density at radius 3 is 2.31 bits per heavy atom. The van der Waals surface area contributed by atoms with Gasteiger partial charge in [0.1, 0.15) is 10.7 Å². The lowest BCUT2D eigenvalue weighted by Crippen LogP contribution is -2.07. The van der Waals surface area contributed by atoms with Gasteiger partial charge < -0.3 is 5.32 Å². The molecule has 4 aromatic rings. The van der Waals surface area contributed by atoms with Gasteiger partial charge in [0.05, 0.1) is 16.1 Å². The fourth-order valence-electron chi connectivity index (χ4n) is 3.16. The highest BCUT2D eigenvalue weighted by Crippen LogP contribution is 2.35. The number of sulfone groups is 1. The molecule has 0 saturated heterocycles. The molecule has 6 heteroatoms. The molecular weight excluding hydrogens is 387 g/mol. The Morgan fingerprint density at radius 1 is 0.931 bits per heavy atom. The van der Waals surface area contributed by atoms with Crippen molar-refractivity contribution < 1.29 is 12.8 Å². The molecule has 1 aromatic heterocycles. The minimum atomic E-state index is -3.81. The van der Waals surface area contributed by atoms with Gasteiger partial charge in [-0.25, -0.2) is 12.8 Å². The molecule has 0 aliphatic heterocycles. The number of aromatic nitrogens is 1. The number of rotatable bonds is 5. The number of hydrogen-bond acceptors (Lipinski definition) is 4. The first-order valence-corrected chi connectivity index (χ1v) is 10.7. The number of benzene rings is 3. The highest BCUT2D eigenvalue weighted by atomic mass is 32.2. The number of fused-ring (bicyclic) bond motifs is 1. The van der Waals surface area contributed by atoms with E-state index in [4.69, 9.17) is 0 Å². The molecule has 0 bridgehead atoms. The molecule has 0 unspecified atom stereocenters. The van der Waals surface area contributed by atoms with Crippen LogP contribution in [0.5, 0.6) is 0 Å². The van der Waals surface area contributed by atoms with E-state index in [1.165, 1.54) is 18.3 Å². The van der Waals surface area contributed by atoms with Gasteiger partial charge in [-0.2, -0.15) is 0 Å². The molecule has 0 amide bonds. The highest BCUT2D eigenvalue weighted by Gasteiger charge is 2.24. The van der Waals surface area contributed by atoms with Crippen LogP contribution in [-0.2, 0) is 16.3 Å². The summed E-state index contributed by atoms with van der Waals surface area (Å²) in [5.74, 6) is -0.362. The van der Waals surface area contributed by atoms with Crippen molar-refractivity contribution in [3.05, 3.63) is 90.4 Å². The van der Waals surface area contributed by atoms with Gasteiger partial charge in [0.15, 0.2) is 0 Å². The number of aryl methyl sites for hydroxylation is 1. The number of pyridine rings is 1. The van der Waals surface area contributed by atoms with Gasteiger partial charge in [0.25, 0.3) is 0 Å². The Labute approximate surface area is 169 Å². The molecule has 4 rings (SSSR count). The first-order valence-electron chi connectivity index (χ1n) is 9.23. The third-order valence-electron chi connectivity index (χ3n) is 4.79. The molecule has 0 spiro atoms. The van der Waals surface area contributed by atoms with Crippen LogP contribution in [0, 0.1) is 5.82 Å². The fourth-order valence-corrected chi connectivity index (χ4v) is 4.53. The summed E-state index contributed by atoms with van der Waals surface area (Å²) in [6.45, 7) is 2.02. The zero-order chi connectivity index (χ0) is 20.4. The Morgan fingerprint density at radius 2 is 1.62 bits per heavy atom. The minimum Gasteiger partial charge on any atom is -0.354 e. The van der Waals surface area contributed by atoms with Gasteiger partial charge in [0.2, 0.25) is 9.84 Å². The topological polar surface area (TPSA) is 59.1 Å². The van der Waals surface area contributed by atoms with Crippen LogP contribution in [0.15, 0.2) is 88.8 Å². The van der Waals surface area contributed by atoms with Gasteiger partial charge in [-0.1, -0.05) is 37.3 Å². The maximum Gasteiger partial charge on any atom is 0.210 e. The molecule has 0 radical (unpaired) electrons. The second-order valence-electron chi connectivity index (χ2n) is 6.65. The van der Waals surface area contributed by atoms with E-state index in [2.05, 4.69) is 10.3 Å². The molecule has 146 valence electrons. The number of hydrogen-bond donors (Lipinski definition) is 1. The van der Waals surface area contributed by atoms with Crippen LogP contribution in [0.1, 0.15) is 12.5 Å². The highest BCUT2D eigenvalue weighted by molar-refractivity contribution is 7.91. The van der Waals surface area contributed by atoms with Crippen molar-refractivity contribution in [3.8, 4) is 0 Å². The van der Waals surface area contributed by atoms with Crippen LogP contribution in [0.2, 0.25) is 0 Å². The second kappa shape index (κ2) is 7.64. The van der Waals surface area contributed by atoms with Crippen molar-refractivity contribution >= 4 is 32.1 Å². The molecule has 0 fully saturated rings. The van der Waals surface area contributed by atoms with E-state index in [-0.39, 0.29) is 15.6 Å². The predicted octanol–water partition coefficient (Wildman–Crippen LogP) is 5.51. The van der Waals surface area contributed by atoms with Crippen LogP contribution in [0.25, 0.3) is 10.9 Å². The average molecular weight is 406 g/mol. The summed E-state index contributed by atoms with van der Waals surface area (Å²) >= 11 is 0. The summed E-state index contributed by atoms with van der Waals surface area (Å²) in [5.41, 5.74) is 2.73. The SMILES string of the molecule is CCc1ccc(S(=O)(=O)c2cnc3ccccc3c2Nc2ccc(F)cc2)cc1. The quantitative estimate of drug-likeness (QED) is 0.475. The van der Waals surface area contributed by atoms with Gasteiger partial charge in [-0.3, -0.25) is 4.98 Å². The van der Waals surface area contributed by atoms with E-state index in [9.17, 15) is 12.8 Å². The Balaban J connectivity index is 1.90. The van der Waals surface area contributed by atoms with Crippen molar-refractivity contribution in [3.63, 3.8) is 0 Å². The number of anilines is 2. The number of nitrogens with zero attached hydrogens (tertiary/aromatic N) is 1. The number of halogens is 1.